The van der Waals surface area contributed by atoms with E-state index in [0.717, 1.165) is 5.56 Å². The standard InChI is InChI=1S/C18H15N5O/c1-22(2)18(24)15-5-3-4-6-17(15)23-12-16(20-21-23)14-9-7-13(11-19)8-10-14/h3-10,12H,1-2H3. The highest BCUT2D eigenvalue weighted by Crippen LogP contribution is 2.20. The summed E-state index contributed by atoms with van der Waals surface area (Å²) in [5.41, 5.74) is 3.35. The molecule has 3 rings (SSSR count). The number of aromatic nitrogens is 3. The lowest BCUT2D eigenvalue weighted by Gasteiger charge is -2.13. The molecule has 1 aromatic heterocycles. The maximum atomic E-state index is 12.3. The molecule has 0 aliphatic heterocycles. The normalized spacial score (nSPS) is 10.2. The molecule has 0 unspecified atom stereocenters. The van der Waals surface area contributed by atoms with Gasteiger partial charge in [-0.1, -0.05) is 29.5 Å². The van der Waals surface area contributed by atoms with Gasteiger partial charge in [-0.25, -0.2) is 4.68 Å². The van der Waals surface area contributed by atoms with Crippen molar-refractivity contribution < 1.29 is 4.79 Å². The topological polar surface area (TPSA) is 74.8 Å². The van der Waals surface area contributed by atoms with Crippen molar-refractivity contribution in [2.24, 2.45) is 0 Å². The summed E-state index contributed by atoms with van der Waals surface area (Å²) in [4.78, 5) is 13.8. The summed E-state index contributed by atoms with van der Waals surface area (Å²) in [6.07, 6.45) is 1.77. The molecule has 118 valence electrons. The van der Waals surface area contributed by atoms with E-state index in [1.54, 1.807) is 43.2 Å². The molecule has 0 saturated carbocycles. The van der Waals surface area contributed by atoms with Crippen molar-refractivity contribution in [3.63, 3.8) is 0 Å². The predicted octanol–water partition coefficient (Wildman–Crippen LogP) is 2.51. The van der Waals surface area contributed by atoms with Crippen molar-refractivity contribution in [2.45, 2.75) is 0 Å². The van der Waals surface area contributed by atoms with E-state index in [9.17, 15) is 4.79 Å². The molecule has 0 fully saturated rings. The molecule has 3 aromatic rings. The van der Waals surface area contributed by atoms with E-state index in [0.29, 0.717) is 22.5 Å². The van der Waals surface area contributed by atoms with Gasteiger partial charge in [-0.15, -0.1) is 5.10 Å². The van der Waals surface area contributed by atoms with E-state index in [2.05, 4.69) is 16.4 Å². The number of amides is 1. The lowest BCUT2D eigenvalue weighted by Crippen LogP contribution is -2.23. The van der Waals surface area contributed by atoms with Crippen LogP contribution in [0.5, 0.6) is 0 Å². The molecule has 0 N–H and O–H groups in total. The molecular weight excluding hydrogens is 302 g/mol. The Morgan fingerprint density at radius 1 is 1.12 bits per heavy atom. The van der Waals surface area contributed by atoms with Gasteiger partial charge in [-0.05, 0) is 24.3 Å². The largest absolute Gasteiger partial charge is 0.345 e. The zero-order chi connectivity index (χ0) is 17.1. The van der Waals surface area contributed by atoms with Gasteiger partial charge in [-0.2, -0.15) is 5.26 Å². The molecule has 0 aliphatic rings. The molecule has 0 bridgehead atoms. The minimum atomic E-state index is -0.0963. The van der Waals surface area contributed by atoms with Crippen LogP contribution in [0.4, 0.5) is 0 Å². The average Bonchev–Trinajstić information content (AvgIpc) is 3.11. The lowest BCUT2D eigenvalue weighted by atomic mass is 10.1. The zero-order valence-corrected chi connectivity index (χ0v) is 13.3. The number of carbonyl (C=O) groups excluding carboxylic acids is 1. The molecular formula is C18H15N5O. The summed E-state index contributed by atoms with van der Waals surface area (Å²) in [6, 6.07) is 16.5. The quantitative estimate of drug-likeness (QED) is 0.744. The third-order valence-electron chi connectivity index (χ3n) is 3.59. The Hall–Kier alpha value is -3.46. The van der Waals surface area contributed by atoms with Crippen LogP contribution in [0.3, 0.4) is 0 Å². The van der Waals surface area contributed by atoms with E-state index < -0.39 is 0 Å². The van der Waals surface area contributed by atoms with Gasteiger partial charge in [-0.3, -0.25) is 4.79 Å². The van der Waals surface area contributed by atoms with Crippen LogP contribution < -0.4 is 0 Å². The van der Waals surface area contributed by atoms with Crippen molar-refractivity contribution >= 4 is 5.91 Å². The highest BCUT2D eigenvalue weighted by molar-refractivity contribution is 5.97. The summed E-state index contributed by atoms with van der Waals surface area (Å²) < 4.78 is 1.59. The molecule has 24 heavy (non-hydrogen) atoms. The van der Waals surface area contributed by atoms with Crippen LogP contribution in [0.1, 0.15) is 15.9 Å². The van der Waals surface area contributed by atoms with Crippen LogP contribution in [0.2, 0.25) is 0 Å². The van der Waals surface area contributed by atoms with E-state index >= 15 is 0 Å². The second-order valence-corrected chi connectivity index (χ2v) is 5.45. The van der Waals surface area contributed by atoms with Gasteiger partial charge in [0.05, 0.1) is 29.1 Å². The monoisotopic (exact) mass is 317 g/mol. The molecule has 0 atom stereocenters. The molecule has 0 radical (unpaired) electrons. The van der Waals surface area contributed by atoms with Crippen LogP contribution >= 0.6 is 0 Å². The van der Waals surface area contributed by atoms with E-state index in [4.69, 9.17) is 5.26 Å². The molecule has 0 saturated heterocycles. The third kappa shape index (κ3) is 2.88. The van der Waals surface area contributed by atoms with Gasteiger partial charge in [0.1, 0.15) is 5.69 Å². The fourth-order valence-electron chi connectivity index (χ4n) is 2.32. The Morgan fingerprint density at radius 2 is 1.83 bits per heavy atom. The fourth-order valence-corrected chi connectivity index (χ4v) is 2.32. The van der Waals surface area contributed by atoms with E-state index in [-0.39, 0.29) is 5.91 Å². The van der Waals surface area contributed by atoms with Crippen LogP contribution in [-0.2, 0) is 0 Å². The first-order valence-corrected chi connectivity index (χ1v) is 7.34. The Bertz CT molecular complexity index is 919. The van der Waals surface area contributed by atoms with Gasteiger partial charge in [0.25, 0.3) is 5.91 Å². The van der Waals surface area contributed by atoms with Crippen LogP contribution in [0, 0.1) is 11.3 Å². The molecule has 0 spiro atoms. The maximum Gasteiger partial charge on any atom is 0.255 e. The molecule has 1 heterocycles. The Morgan fingerprint density at radius 3 is 2.50 bits per heavy atom. The van der Waals surface area contributed by atoms with Crippen LogP contribution in [-0.4, -0.2) is 39.9 Å². The second-order valence-electron chi connectivity index (χ2n) is 5.45. The first kappa shape index (κ1) is 15.4. The van der Waals surface area contributed by atoms with E-state index in [1.165, 1.54) is 4.90 Å². The summed E-state index contributed by atoms with van der Waals surface area (Å²) in [5.74, 6) is -0.0963. The van der Waals surface area contributed by atoms with Gasteiger partial charge in [0.2, 0.25) is 0 Å². The highest BCUT2D eigenvalue weighted by atomic mass is 16.2. The maximum absolute atomic E-state index is 12.3. The number of nitriles is 1. The molecule has 6 heteroatoms. The predicted molar refractivity (Wildman–Crippen MR) is 89.5 cm³/mol. The van der Waals surface area contributed by atoms with E-state index in [1.807, 2.05) is 30.3 Å². The number of nitrogens with zero attached hydrogens (tertiary/aromatic N) is 5. The van der Waals surface area contributed by atoms with Crippen molar-refractivity contribution in [3.8, 4) is 23.0 Å². The minimum Gasteiger partial charge on any atom is -0.345 e. The summed E-state index contributed by atoms with van der Waals surface area (Å²) in [5, 5.41) is 17.2. The third-order valence-corrected chi connectivity index (χ3v) is 3.59. The van der Waals surface area contributed by atoms with Crippen LogP contribution in [0.25, 0.3) is 16.9 Å². The molecule has 0 aliphatic carbocycles. The number of rotatable bonds is 3. The first-order chi connectivity index (χ1) is 11.6. The second kappa shape index (κ2) is 6.34. The van der Waals surface area contributed by atoms with Crippen molar-refractivity contribution in [3.05, 3.63) is 65.9 Å². The number of carbonyl (C=O) groups is 1. The Labute approximate surface area is 139 Å². The van der Waals surface area contributed by atoms with Gasteiger partial charge in [0, 0.05) is 19.7 Å². The number of hydrogen-bond acceptors (Lipinski definition) is 4. The Kier molecular flexibility index (Phi) is 4.08. The molecule has 1 amide bonds. The number of benzene rings is 2. The zero-order valence-electron chi connectivity index (χ0n) is 13.3. The lowest BCUT2D eigenvalue weighted by molar-refractivity contribution is 0.0827. The van der Waals surface area contributed by atoms with Crippen molar-refractivity contribution in [1.82, 2.24) is 19.9 Å². The smallest absolute Gasteiger partial charge is 0.255 e. The van der Waals surface area contributed by atoms with Crippen molar-refractivity contribution in [1.29, 1.82) is 5.26 Å². The molecule has 2 aromatic carbocycles. The fraction of sp³-hybridized carbons (Fsp3) is 0.111. The summed E-state index contributed by atoms with van der Waals surface area (Å²) in [6.45, 7) is 0. The van der Waals surface area contributed by atoms with Gasteiger partial charge in [0.15, 0.2) is 0 Å². The SMILES string of the molecule is CN(C)C(=O)c1ccccc1-n1cc(-c2ccc(C#N)cc2)nn1. The number of para-hydroxylation sites is 1. The molecule has 6 nitrogen and oxygen atoms in total. The van der Waals surface area contributed by atoms with Crippen LogP contribution in [0.15, 0.2) is 54.7 Å². The minimum absolute atomic E-state index is 0.0963. The average molecular weight is 317 g/mol. The summed E-state index contributed by atoms with van der Waals surface area (Å²) >= 11 is 0. The Balaban J connectivity index is 1.99. The van der Waals surface area contributed by atoms with Gasteiger partial charge >= 0.3 is 0 Å². The highest BCUT2D eigenvalue weighted by Gasteiger charge is 2.15. The number of hydrogen-bond donors (Lipinski definition) is 0. The first-order valence-electron chi connectivity index (χ1n) is 7.34. The summed E-state index contributed by atoms with van der Waals surface area (Å²) in [7, 11) is 3.42. The van der Waals surface area contributed by atoms with Crippen molar-refractivity contribution in [2.75, 3.05) is 14.1 Å². The van der Waals surface area contributed by atoms with Gasteiger partial charge < -0.3 is 4.90 Å².